The van der Waals surface area contributed by atoms with E-state index in [0.29, 0.717) is 0 Å². The lowest BCUT2D eigenvalue weighted by atomic mass is 9.82. The van der Waals surface area contributed by atoms with E-state index in [1.807, 2.05) is 32.0 Å². The van der Waals surface area contributed by atoms with Crippen molar-refractivity contribution in [2.45, 2.75) is 38.9 Å². The number of aryl methyl sites for hydroxylation is 2. The Bertz CT molecular complexity index is 645. The number of carboxylic acids is 1. The predicted molar refractivity (Wildman–Crippen MR) is 86.2 cm³/mol. The summed E-state index contributed by atoms with van der Waals surface area (Å²) in [5.74, 6) is -2.76. The number of aliphatic carboxylic acids is 1. The van der Waals surface area contributed by atoms with Crippen LogP contribution in [0.25, 0.3) is 0 Å². The molecule has 5 heteroatoms. The van der Waals surface area contributed by atoms with Crippen LogP contribution < -0.4 is 5.32 Å². The Morgan fingerprint density at radius 3 is 2.17 bits per heavy atom. The van der Waals surface area contributed by atoms with Gasteiger partial charge in [-0.2, -0.15) is 0 Å². The SMILES string of the molecule is CCc1cccc(CC)c1NC(=O)[C@H]1[C@@H](C(=O)O)[C@H]2C=C[C@H]1O2. The number of rotatable bonds is 5. The third-order valence-electron chi connectivity index (χ3n) is 4.73. The molecule has 2 heterocycles. The zero-order chi connectivity index (χ0) is 16.6. The maximum Gasteiger partial charge on any atom is 0.310 e. The number of ether oxygens (including phenoxy) is 1. The number of para-hydroxylation sites is 1. The zero-order valence-electron chi connectivity index (χ0n) is 13.3. The minimum Gasteiger partial charge on any atom is -0.481 e. The first kappa shape index (κ1) is 15.7. The monoisotopic (exact) mass is 315 g/mol. The fraction of sp³-hybridized carbons (Fsp3) is 0.444. The van der Waals surface area contributed by atoms with Gasteiger partial charge in [0.2, 0.25) is 5.91 Å². The summed E-state index contributed by atoms with van der Waals surface area (Å²) < 4.78 is 5.58. The number of fused-ring (bicyclic) bond motifs is 2. The Morgan fingerprint density at radius 2 is 1.65 bits per heavy atom. The molecule has 23 heavy (non-hydrogen) atoms. The summed E-state index contributed by atoms with van der Waals surface area (Å²) in [7, 11) is 0. The second-order valence-electron chi connectivity index (χ2n) is 5.99. The number of anilines is 1. The van der Waals surface area contributed by atoms with E-state index >= 15 is 0 Å². The lowest BCUT2D eigenvalue weighted by Gasteiger charge is -2.22. The van der Waals surface area contributed by atoms with Crippen LogP contribution in [0.1, 0.15) is 25.0 Å². The van der Waals surface area contributed by atoms with Crippen LogP contribution in [0.3, 0.4) is 0 Å². The molecule has 3 rings (SSSR count). The number of carbonyl (C=O) groups excluding carboxylic acids is 1. The van der Waals surface area contributed by atoms with E-state index in [-0.39, 0.29) is 5.91 Å². The summed E-state index contributed by atoms with van der Waals surface area (Å²) in [6.45, 7) is 4.07. The van der Waals surface area contributed by atoms with Crippen LogP contribution >= 0.6 is 0 Å². The normalized spacial score (nSPS) is 28.1. The maximum absolute atomic E-state index is 12.8. The fourth-order valence-electron chi connectivity index (χ4n) is 3.52. The van der Waals surface area contributed by atoms with E-state index in [0.717, 1.165) is 29.7 Å². The third kappa shape index (κ3) is 2.65. The molecule has 2 bridgehead atoms. The van der Waals surface area contributed by atoms with Gasteiger partial charge in [0, 0.05) is 5.69 Å². The number of carbonyl (C=O) groups is 2. The number of amides is 1. The molecule has 1 fully saturated rings. The van der Waals surface area contributed by atoms with E-state index in [1.54, 1.807) is 12.2 Å². The zero-order valence-corrected chi connectivity index (χ0v) is 13.3. The molecule has 2 aliphatic rings. The summed E-state index contributed by atoms with van der Waals surface area (Å²) in [6, 6.07) is 5.96. The second-order valence-corrected chi connectivity index (χ2v) is 5.99. The van der Waals surface area contributed by atoms with Gasteiger partial charge in [0.05, 0.1) is 18.1 Å². The molecule has 0 spiro atoms. The molecule has 1 aromatic carbocycles. The van der Waals surface area contributed by atoms with Crippen LogP contribution in [0.4, 0.5) is 5.69 Å². The van der Waals surface area contributed by atoms with Crippen molar-refractivity contribution in [2.75, 3.05) is 5.32 Å². The Hall–Kier alpha value is -2.14. The highest BCUT2D eigenvalue weighted by Gasteiger charge is 2.53. The minimum absolute atomic E-state index is 0.273. The molecule has 0 aromatic heterocycles. The van der Waals surface area contributed by atoms with E-state index < -0.39 is 30.0 Å². The van der Waals surface area contributed by atoms with Crippen molar-refractivity contribution in [2.24, 2.45) is 11.8 Å². The average Bonchev–Trinajstić information content (AvgIpc) is 3.15. The molecule has 122 valence electrons. The van der Waals surface area contributed by atoms with Gasteiger partial charge < -0.3 is 15.2 Å². The Morgan fingerprint density at radius 1 is 1.09 bits per heavy atom. The van der Waals surface area contributed by atoms with Gasteiger partial charge in [-0.1, -0.05) is 44.2 Å². The fourth-order valence-corrected chi connectivity index (χ4v) is 3.52. The molecule has 1 amide bonds. The van der Waals surface area contributed by atoms with Gasteiger partial charge in [0.15, 0.2) is 0 Å². The highest BCUT2D eigenvalue weighted by Crippen LogP contribution is 2.40. The van der Waals surface area contributed by atoms with Crippen LogP contribution in [-0.4, -0.2) is 29.2 Å². The third-order valence-corrected chi connectivity index (χ3v) is 4.73. The molecule has 2 N–H and O–H groups in total. The Labute approximate surface area is 135 Å². The highest BCUT2D eigenvalue weighted by atomic mass is 16.5. The van der Waals surface area contributed by atoms with Crippen molar-refractivity contribution in [3.63, 3.8) is 0 Å². The van der Waals surface area contributed by atoms with Crippen LogP contribution in [0, 0.1) is 11.8 Å². The van der Waals surface area contributed by atoms with Gasteiger partial charge in [-0.25, -0.2) is 0 Å². The number of benzene rings is 1. The van der Waals surface area contributed by atoms with Crippen LogP contribution in [0.15, 0.2) is 30.4 Å². The number of hydrogen-bond acceptors (Lipinski definition) is 3. The average molecular weight is 315 g/mol. The van der Waals surface area contributed by atoms with Crippen LogP contribution in [-0.2, 0) is 27.2 Å². The first-order chi connectivity index (χ1) is 11.1. The molecular formula is C18H21NO4. The van der Waals surface area contributed by atoms with Crippen molar-refractivity contribution in [1.29, 1.82) is 0 Å². The topological polar surface area (TPSA) is 75.6 Å². The van der Waals surface area contributed by atoms with Gasteiger partial charge in [0.1, 0.15) is 5.92 Å². The van der Waals surface area contributed by atoms with Crippen molar-refractivity contribution >= 4 is 17.6 Å². The summed E-state index contributed by atoms with van der Waals surface area (Å²) >= 11 is 0. The van der Waals surface area contributed by atoms with Crippen molar-refractivity contribution in [3.05, 3.63) is 41.5 Å². The Balaban J connectivity index is 1.88. The summed E-state index contributed by atoms with van der Waals surface area (Å²) in [5.41, 5.74) is 2.94. The van der Waals surface area contributed by atoms with Crippen LogP contribution in [0.5, 0.6) is 0 Å². The molecule has 2 aliphatic heterocycles. The summed E-state index contributed by atoms with van der Waals surface area (Å²) in [4.78, 5) is 24.3. The Kier molecular flexibility index (Phi) is 4.22. The second kappa shape index (κ2) is 6.16. The summed E-state index contributed by atoms with van der Waals surface area (Å²) in [6.07, 6.45) is 4.20. The first-order valence-electron chi connectivity index (χ1n) is 8.05. The van der Waals surface area contributed by atoms with E-state index in [4.69, 9.17) is 4.74 Å². The molecule has 4 atom stereocenters. The number of nitrogens with one attached hydrogen (secondary N) is 1. The molecule has 0 saturated carbocycles. The van der Waals surface area contributed by atoms with Crippen molar-refractivity contribution < 1.29 is 19.4 Å². The minimum atomic E-state index is -0.985. The quantitative estimate of drug-likeness (QED) is 0.818. The van der Waals surface area contributed by atoms with E-state index in [9.17, 15) is 14.7 Å². The van der Waals surface area contributed by atoms with Crippen molar-refractivity contribution in [1.82, 2.24) is 0 Å². The van der Waals surface area contributed by atoms with Gasteiger partial charge in [0.25, 0.3) is 0 Å². The molecule has 0 radical (unpaired) electrons. The lowest BCUT2D eigenvalue weighted by molar-refractivity contribution is -0.145. The van der Waals surface area contributed by atoms with E-state index in [1.165, 1.54) is 0 Å². The van der Waals surface area contributed by atoms with Gasteiger partial charge in [-0.15, -0.1) is 0 Å². The largest absolute Gasteiger partial charge is 0.481 e. The lowest BCUT2D eigenvalue weighted by Crippen LogP contribution is -2.39. The number of hydrogen-bond donors (Lipinski definition) is 2. The molecule has 5 nitrogen and oxygen atoms in total. The van der Waals surface area contributed by atoms with Gasteiger partial charge >= 0.3 is 5.97 Å². The molecule has 1 saturated heterocycles. The van der Waals surface area contributed by atoms with Gasteiger partial charge in [-0.05, 0) is 24.0 Å². The van der Waals surface area contributed by atoms with Gasteiger partial charge in [-0.3, -0.25) is 9.59 Å². The highest BCUT2D eigenvalue weighted by molar-refractivity contribution is 5.97. The molecular weight excluding hydrogens is 294 g/mol. The van der Waals surface area contributed by atoms with E-state index in [2.05, 4.69) is 5.32 Å². The molecule has 0 aliphatic carbocycles. The number of carboxylic acid groups (broad SMARTS) is 1. The maximum atomic E-state index is 12.8. The summed E-state index contributed by atoms with van der Waals surface area (Å²) in [5, 5.41) is 12.4. The standard InChI is InChI=1S/C18H21NO4/c1-3-10-6-5-7-11(4-2)16(10)19-17(20)14-12-8-9-13(23-12)15(14)18(21)22/h5-9,12-15H,3-4H2,1-2H3,(H,19,20)(H,21,22)/t12-,13-,14-,15+/m1/s1. The molecule has 0 unspecified atom stereocenters. The van der Waals surface area contributed by atoms with Crippen LogP contribution in [0.2, 0.25) is 0 Å². The molecule has 1 aromatic rings. The smallest absolute Gasteiger partial charge is 0.310 e. The first-order valence-corrected chi connectivity index (χ1v) is 8.05. The van der Waals surface area contributed by atoms with Crippen molar-refractivity contribution in [3.8, 4) is 0 Å². The predicted octanol–water partition coefficient (Wildman–Crippen LogP) is 2.40.